The Hall–Kier alpha value is -2.53. The summed E-state index contributed by atoms with van der Waals surface area (Å²) >= 11 is 5.92. The van der Waals surface area contributed by atoms with Gasteiger partial charge in [-0.15, -0.1) is 24.0 Å². The average molecular weight is 572 g/mol. The fourth-order valence-electron chi connectivity index (χ4n) is 3.02. The van der Waals surface area contributed by atoms with Crippen LogP contribution in [-0.4, -0.2) is 55.9 Å². The number of guanidine groups is 1. The van der Waals surface area contributed by atoms with Crippen molar-refractivity contribution < 1.29 is 14.0 Å². The molecule has 0 unspecified atom stereocenters. The number of aromatic nitrogens is 2. The van der Waals surface area contributed by atoms with Crippen molar-refractivity contribution in [1.29, 1.82) is 0 Å². The predicted molar refractivity (Wildman–Crippen MR) is 136 cm³/mol. The Morgan fingerprint density at radius 3 is 2.50 bits per heavy atom. The highest BCUT2D eigenvalue weighted by atomic mass is 127. The maximum absolute atomic E-state index is 5.92. The summed E-state index contributed by atoms with van der Waals surface area (Å²) < 4.78 is 16.0. The van der Waals surface area contributed by atoms with Gasteiger partial charge in [-0.3, -0.25) is 4.99 Å². The summed E-state index contributed by atoms with van der Waals surface area (Å²) in [4.78, 5) is 10.8. The molecule has 1 aromatic heterocycles. The summed E-state index contributed by atoms with van der Waals surface area (Å²) in [6, 6.07) is 13.2. The number of ether oxygens (including phenoxy) is 2. The van der Waals surface area contributed by atoms with Crippen LogP contribution in [0.4, 0.5) is 0 Å². The first-order chi connectivity index (χ1) is 15.0. The van der Waals surface area contributed by atoms with Crippen LogP contribution in [0.25, 0.3) is 11.4 Å². The number of nitrogens with zero attached hydrogens (tertiary/aromatic N) is 4. The highest BCUT2D eigenvalue weighted by Crippen LogP contribution is 2.27. The minimum absolute atomic E-state index is 0. The lowest BCUT2D eigenvalue weighted by Gasteiger charge is -2.21. The molecule has 2 aromatic carbocycles. The van der Waals surface area contributed by atoms with Gasteiger partial charge in [-0.05, 0) is 48.4 Å². The molecule has 32 heavy (non-hydrogen) atoms. The van der Waals surface area contributed by atoms with Gasteiger partial charge >= 0.3 is 0 Å². The second-order valence-corrected chi connectivity index (χ2v) is 7.22. The molecule has 0 bridgehead atoms. The summed E-state index contributed by atoms with van der Waals surface area (Å²) in [5.74, 6) is 3.16. The molecule has 0 saturated heterocycles. The van der Waals surface area contributed by atoms with Crippen molar-refractivity contribution in [3.05, 3.63) is 58.9 Å². The zero-order chi connectivity index (χ0) is 22.2. The van der Waals surface area contributed by atoms with Crippen LogP contribution in [-0.2, 0) is 13.0 Å². The van der Waals surface area contributed by atoms with Crippen molar-refractivity contribution in [2.75, 3.05) is 34.9 Å². The number of nitrogens with one attached hydrogen (secondary N) is 1. The maximum atomic E-state index is 5.92. The van der Waals surface area contributed by atoms with Gasteiger partial charge in [-0.2, -0.15) is 4.98 Å². The molecule has 3 aromatic rings. The Labute approximate surface area is 210 Å². The van der Waals surface area contributed by atoms with Crippen molar-refractivity contribution in [3.63, 3.8) is 0 Å². The molecule has 1 heterocycles. The molecule has 0 saturated carbocycles. The second-order valence-electron chi connectivity index (χ2n) is 6.78. The number of hydrogen-bond donors (Lipinski definition) is 1. The molecule has 0 aliphatic carbocycles. The molecule has 0 amide bonds. The lowest BCUT2D eigenvalue weighted by Crippen LogP contribution is -2.39. The highest BCUT2D eigenvalue weighted by molar-refractivity contribution is 14.0. The number of halogens is 2. The highest BCUT2D eigenvalue weighted by Gasteiger charge is 2.12. The minimum Gasteiger partial charge on any atom is -0.493 e. The fourth-order valence-corrected chi connectivity index (χ4v) is 3.15. The molecule has 0 radical (unpaired) electrons. The van der Waals surface area contributed by atoms with Crippen LogP contribution < -0.4 is 14.8 Å². The summed E-state index contributed by atoms with van der Waals surface area (Å²) in [5, 5.41) is 7.94. The maximum Gasteiger partial charge on any atom is 0.246 e. The van der Waals surface area contributed by atoms with Crippen molar-refractivity contribution in [2.24, 2.45) is 4.99 Å². The molecule has 0 aliphatic rings. The van der Waals surface area contributed by atoms with Crippen LogP contribution in [0.5, 0.6) is 11.5 Å². The smallest absolute Gasteiger partial charge is 0.246 e. The van der Waals surface area contributed by atoms with Crippen molar-refractivity contribution in [1.82, 2.24) is 20.4 Å². The van der Waals surface area contributed by atoms with Crippen molar-refractivity contribution in [2.45, 2.75) is 13.0 Å². The third-order valence-electron chi connectivity index (χ3n) is 4.73. The van der Waals surface area contributed by atoms with Gasteiger partial charge < -0.3 is 24.2 Å². The molecule has 1 N–H and O–H groups in total. The monoisotopic (exact) mass is 571 g/mol. The molecule has 10 heteroatoms. The van der Waals surface area contributed by atoms with E-state index < -0.39 is 0 Å². The minimum atomic E-state index is 0. The number of likely N-dealkylation sites (N-methyl/N-ethyl adjacent to an activating group) is 1. The van der Waals surface area contributed by atoms with Gasteiger partial charge in [0.25, 0.3) is 0 Å². The van der Waals surface area contributed by atoms with E-state index in [0.29, 0.717) is 23.3 Å². The third-order valence-corrected chi connectivity index (χ3v) is 4.98. The molecule has 172 valence electrons. The Morgan fingerprint density at radius 1 is 1.12 bits per heavy atom. The fraction of sp³-hybridized carbons (Fsp3) is 0.318. The molecule has 3 rings (SSSR count). The van der Waals surface area contributed by atoms with Crippen LogP contribution in [0.3, 0.4) is 0 Å². The molecule has 8 nitrogen and oxygen atoms in total. The van der Waals surface area contributed by atoms with E-state index in [-0.39, 0.29) is 24.0 Å². The number of aliphatic imine (C=N–C) groups is 1. The van der Waals surface area contributed by atoms with Gasteiger partial charge in [0.2, 0.25) is 11.7 Å². The lowest BCUT2D eigenvalue weighted by atomic mass is 10.1. The first-order valence-electron chi connectivity index (χ1n) is 9.75. The van der Waals surface area contributed by atoms with Gasteiger partial charge in [0, 0.05) is 31.2 Å². The van der Waals surface area contributed by atoms with E-state index in [1.807, 2.05) is 42.3 Å². The molecule has 0 aliphatic heterocycles. The Morgan fingerprint density at radius 2 is 1.84 bits per heavy atom. The van der Waals surface area contributed by atoms with Gasteiger partial charge in [0.1, 0.15) is 0 Å². The molecule has 0 atom stereocenters. The molecular formula is C22H27ClIN5O3. The van der Waals surface area contributed by atoms with Gasteiger partial charge in [-0.25, -0.2) is 0 Å². The van der Waals surface area contributed by atoms with E-state index in [9.17, 15) is 0 Å². The zero-order valence-electron chi connectivity index (χ0n) is 18.5. The summed E-state index contributed by atoms with van der Waals surface area (Å²) in [5.41, 5.74) is 1.99. The molecule has 0 fully saturated rings. The first kappa shape index (κ1) is 25.7. The predicted octanol–water partition coefficient (Wildman–Crippen LogP) is 4.28. The quantitative estimate of drug-likeness (QED) is 0.246. The molecular weight excluding hydrogens is 545 g/mol. The Bertz CT molecular complexity index is 1030. The van der Waals surface area contributed by atoms with Gasteiger partial charge in [0.15, 0.2) is 17.5 Å². The average Bonchev–Trinajstić information content (AvgIpc) is 3.27. The van der Waals surface area contributed by atoms with E-state index in [1.165, 1.54) is 0 Å². The number of benzene rings is 2. The number of methoxy groups -OCH3 is 2. The van der Waals surface area contributed by atoms with Gasteiger partial charge in [-0.1, -0.05) is 22.8 Å². The van der Waals surface area contributed by atoms with E-state index in [4.69, 9.17) is 25.6 Å². The summed E-state index contributed by atoms with van der Waals surface area (Å²) in [6.45, 7) is 1.13. The standard InChI is InChI=1S/C22H26ClN5O3.HI/c1-24-22(28(2)12-11-15-5-10-18(29-3)19(13-15)30-4)25-14-20-26-21(27-31-20)16-6-8-17(23)9-7-16;/h5-10,13H,11-12,14H2,1-4H3,(H,24,25);1H. The van der Waals surface area contributed by atoms with Crippen LogP contribution in [0.2, 0.25) is 5.02 Å². The van der Waals surface area contributed by atoms with E-state index >= 15 is 0 Å². The lowest BCUT2D eigenvalue weighted by molar-refractivity contribution is 0.354. The first-order valence-corrected chi connectivity index (χ1v) is 10.1. The van der Waals surface area contributed by atoms with Crippen LogP contribution >= 0.6 is 35.6 Å². The van der Waals surface area contributed by atoms with Crippen LogP contribution in [0.1, 0.15) is 11.5 Å². The van der Waals surface area contributed by atoms with E-state index in [1.54, 1.807) is 33.4 Å². The van der Waals surface area contributed by atoms with Crippen LogP contribution in [0.15, 0.2) is 52.0 Å². The third kappa shape index (κ3) is 6.73. The molecule has 0 spiro atoms. The summed E-state index contributed by atoms with van der Waals surface area (Å²) in [7, 11) is 6.98. The van der Waals surface area contributed by atoms with Gasteiger partial charge in [0.05, 0.1) is 20.8 Å². The van der Waals surface area contributed by atoms with Crippen molar-refractivity contribution >= 4 is 41.5 Å². The second kappa shape index (κ2) is 12.5. The van der Waals surface area contributed by atoms with Crippen LogP contribution in [0, 0.1) is 0 Å². The number of rotatable bonds is 8. The SMILES string of the molecule is CN=C(NCc1nc(-c2ccc(Cl)cc2)no1)N(C)CCc1ccc(OC)c(OC)c1.I. The normalized spacial score (nSPS) is 11.0. The number of hydrogen-bond acceptors (Lipinski definition) is 6. The van der Waals surface area contributed by atoms with E-state index in [2.05, 4.69) is 20.4 Å². The zero-order valence-corrected chi connectivity index (χ0v) is 21.5. The Kier molecular flexibility index (Phi) is 10.0. The summed E-state index contributed by atoms with van der Waals surface area (Å²) in [6.07, 6.45) is 0.818. The largest absolute Gasteiger partial charge is 0.493 e. The van der Waals surface area contributed by atoms with Crippen molar-refractivity contribution in [3.8, 4) is 22.9 Å². The Balaban J connectivity index is 0.00000363. The topological polar surface area (TPSA) is 85.0 Å². The van der Waals surface area contributed by atoms with E-state index in [0.717, 1.165) is 41.6 Å².